The average Bonchev–Trinajstić information content (AvgIpc) is 3.24. The maximum absolute atomic E-state index is 11.4. The number of nitro groups is 1. The Labute approximate surface area is 183 Å². The number of thiazole rings is 1. The second-order valence-electron chi connectivity index (χ2n) is 6.12. The van der Waals surface area contributed by atoms with Gasteiger partial charge in [-0.05, 0) is 26.0 Å². The number of nitrogens with zero attached hydrogens (tertiary/aromatic N) is 3. The summed E-state index contributed by atoms with van der Waals surface area (Å²) >= 11 is 1.39. The SMILES string of the molecule is CCOc1cc(OCC)c([N+](=O)[O-])cc1/C=N\Nc1nc(-c2cccc(OC)c2)cs1. The Hall–Kier alpha value is -3.66. The highest BCUT2D eigenvalue weighted by molar-refractivity contribution is 7.14. The van der Waals surface area contributed by atoms with Crippen LogP contribution in [0.15, 0.2) is 46.9 Å². The lowest BCUT2D eigenvalue weighted by atomic mass is 10.1. The second kappa shape index (κ2) is 10.4. The third-order valence-corrected chi connectivity index (χ3v) is 4.87. The molecule has 31 heavy (non-hydrogen) atoms. The van der Waals surface area contributed by atoms with Crippen LogP contribution in [0, 0.1) is 10.1 Å². The normalized spacial score (nSPS) is 10.8. The number of aromatic nitrogens is 1. The van der Waals surface area contributed by atoms with Crippen molar-refractivity contribution in [1.29, 1.82) is 0 Å². The van der Waals surface area contributed by atoms with Crippen molar-refractivity contribution in [2.75, 3.05) is 25.7 Å². The van der Waals surface area contributed by atoms with Crippen molar-refractivity contribution in [2.45, 2.75) is 13.8 Å². The van der Waals surface area contributed by atoms with Crippen molar-refractivity contribution < 1.29 is 19.1 Å². The van der Waals surface area contributed by atoms with E-state index in [0.29, 0.717) is 29.7 Å². The fraction of sp³-hybridized carbons (Fsp3) is 0.238. The van der Waals surface area contributed by atoms with Crippen molar-refractivity contribution in [3.8, 4) is 28.5 Å². The van der Waals surface area contributed by atoms with Crippen molar-refractivity contribution >= 4 is 28.4 Å². The molecule has 0 unspecified atom stereocenters. The number of rotatable bonds is 10. The van der Waals surface area contributed by atoms with Gasteiger partial charge in [0.25, 0.3) is 0 Å². The van der Waals surface area contributed by atoms with Crippen molar-refractivity contribution in [1.82, 2.24) is 4.98 Å². The quantitative estimate of drug-likeness (QED) is 0.268. The van der Waals surface area contributed by atoms with Crippen LogP contribution in [0.5, 0.6) is 17.2 Å². The van der Waals surface area contributed by atoms with E-state index in [-0.39, 0.29) is 11.4 Å². The maximum Gasteiger partial charge on any atom is 0.311 e. The van der Waals surface area contributed by atoms with Crippen LogP contribution in [0.3, 0.4) is 0 Å². The highest BCUT2D eigenvalue weighted by Gasteiger charge is 2.19. The highest BCUT2D eigenvalue weighted by Crippen LogP contribution is 2.34. The summed E-state index contributed by atoms with van der Waals surface area (Å²) < 4.78 is 16.2. The maximum atomic E-state index is 11.4. The first-order valence-corrected chi connectivity index (χ1v) is 10.4. The largest absolute Gasteiger partial charge is 0.497 e. The van der Waals surface area contributed by atoms with Crippen LogP contribution in [0.2, 0.25) is 0 Å². The van der Waals surface area contributed by atoms with Crippen molar-refractivity contribution in [3.05, 3.63) is 57.5 Å². The summed E-state index contributed by atoms with van der Waals surface area (Å²) in [7, 11) is 1.61. The Kier molecular flexibility index (Phi) is 7.39. The second-order valence-corrected chi connectivity index (χ2v) is 6.98. The lowest BCUT2D eigenvalue weighted by molar-refractivity contribution is -0.385. The Morgan fingerprint density at radius 2 is 1.97 bits per heavy atom. The molecule has 0 bridgehead atoms. The first kappa shape index (κ1) is 22.0. The van der Waals surface area contributed by atoms with E-state index >= 15 is 0 Å². The number of anilines is 1. The Morgan fingerprint density at radius 1 is 1.19 bits per heavy atom. The van der Waals surface area contributed by atoms with E-state index in [1.54, 1.807) is 14.0 Å². The van der Waals surface area contributed by atoms with Gasteiger partial charge in [-0.3, -0.25) is 15.5 Å². The molecule has 0 saturated carbocycles. The number of methoxy groups -OCH3 is 1. The van der Waals surface area contributed by atoms with Crippen LogP contribution in [-0.2, 0) is 0 Å². The number of ether oxygens (including phenoxy) is 3. The predicted molar refractivity (Wildman–Crippen MR) is 121 cm³/mol. The van der Waals surface area contributed by atoms with Gasteiger partial charge in [0.15, 0.2) is 0 Å². The van der Waals surface area contributed by atoms with Crippen LogP contribution < -0.4 is 19.6 Å². The Balaban J connectivity index is 1.81. The summed E-state index contributed by atoms with van der Waals surface area (Å²) in [6.45, 7) is 4.29. The molecular formula is C21H22N4O5S. The van der Waals surface area contributed by atoms with Crippen molar-refractivity contribution in [2.24, 2.45) is 5.10 Å². The summed E-state index contributed by atoms with van der Waals surface area (Å²) in [6, 6.07) is 10.5. The molecule has 1 aromatic heterocycles. The Bertz CT molecular complexity index is 1080. The van der Waals surface area contributed by atoms with Crippen LogP contribution in [-0.4, -0.2) is 36.4 Å². The zero-order valence-corrected chi connectivity index (χ0v) is 18.1. The van der Waals surface area contributed by atoms with E-state index in [0.717, 1.165) is 17.0 Å². The van der Waals surface area contributed by atoms with Gasteiger partial charge in [-0.15, -0.1) is 11.3 Å². The summed E-state index contributed by atoms with van der Waals surface area (Å²) in [5, 5.41) is 18.1. The Morgan fingerprint density at radius 3 is 2.68 bits per heavy atom. The van der Waals surface area contributed by atoms with Gasteiger partial charge in [-0.2, -0.15) is 5.10 Å². The van der Waals surface area contributed by atoms with E-state index in [9.17, 15) is 10.1 Å². The molecule has 0 atom stereocenters. The fourth-order valence-electron chi connectivity index (χ4n) is 2.76. The summed E-state index contributed by atoms with van der Waals surface area (Å²) in [6.07, 6.45) is 1.46. The monoisotopic (exact) mass is 442 g/mol. The molecule has 0 aliphatic heterocycles. The molecule has 1 N–H and O–H groups in total. The smallest absolute Gasteiger partial charge is 0.311 e. The van der Waals surface area contributed by atoms with Gasteiger partial charge in [0.1, 0.15) is 11.5 Å². The third-order valence-electron chi connectivity index (χ3n) is 4.12. The number of nitrogens with one attached hydrogen (secondary N) is 1. The molecule has 0 radical (unpaired) electrons. The molecule has 0 aliphatic carbocycles. The van der Waals surface area contributed by atoms with Gasteiger partial charge in [0, 0.05) is 28.6 Å². The van der Waals surface area contributed by atoms with E-state index in [4.69, 9.17) is 14.2 Å². The highest BCUT2D eigenvalue weighted by atomic mass is 32.1. The van der Waals surface area contributed by atoms with Gasteiger partial charge in [-0.1, -0.05) is 12.1 Å². The van der Waals surface area contributed by atoms with Gasteiger partial charge >= 0.3 is 5.69 Å². The standard InChI is InChI=1S/C21H22N4O5S/c1-4-29-19-11-20(30-5-2)18(25(26)27)10-15(19)12-22-24-21-23-17(13-31-21)14-7-6-8-16(9-14)28-3/h6-13H,4-5H2,1-3H3,(H,23,24)/b22-12-. The first-order valence-electron chi connectivity index (χ1n) is 9.52. The number of benzene rings is 2. The van der Waals surface area contributed by atoms with Gasteiger partial charge in [-0.25, -0.2) is 4.98 Å². The molecule has 0 aliphatic rings. The zero-order valence-electron chi connectivity index (χ0n) is 17.3. The van der Waals surface area contributed by atoms with Gasteiger partial charge < -0.3 is 14.2 Å². The molecule has 10 heteroatoms. The van der Waals surface area contributed by atoms with Crippen LogP contribution in [0.4, 0.5) is 10.8 Å². The molecule has 0 spiro atoms. The fourth-order valence-corrected chi connectivity index (χ4v) is 3.43. The van der Waals surface area contributed by atoms with Crippen LogP contribution in [0.1, 0.15) is 19.4 Å². The lowest BCUT2D eigenvalue weighted by Crippen LogP contribution is -2.03. The molecule has 0 fully saturated rings. The molecule has 1 heterocycles. The zero-order chi connectivity index (χ0) is 22.2. The molecule has 3 rings (SSSR count). The number of hydrogen-bond donors (Lipinski definition) is 1. The van der Waals surface area contributed by atoms with Gasteiger partial charge in [0.2, 0.25) is 10.9 Å². The first-order chi connectivity index (χ1) is 15.0. The molecular weight excluding hydrogens is 420 g/mol. The van der Waals surface area contributed by atoms with Crippen LogP contribution >= 0.6 is 11.3 Å². The molecule has 3 aromatic rings. The van der Waals surface area contributed by atoms with E-state index in [1.807, 2.05) is 36.6 Å². The number of hydrazone groups is 1. The molecule has 0 saturated heterocycles. The van der Waals surface area contributed by atoms with Crippen LogP contribution in [0.25, 0.3) is 11.3 Å². The lowest BCUT2D eigenvalue weighted by Gasteiger charge is -2.10. The summed E-state index contributed by atoms with van der Waals surface area (Å²) in [5.41, 5.74) is 4.87. The average molecular weight is 442 g/mol. The van der Waals surface area contributed by atoms with E-state index in [1.165, 1.54) is 29.7 Å². The van der Waals surface area contributed by atoms with Gasteiger partial charge in [0.05, 0.1) is 37.2 Å². The topological polar surface area (TPSA) is 108 Å². The van der Waals surface area contributed by atoms with Crippen molar-refractivity contribution in [3.63, 3.8) is 0 Å². The number of hydrogen-bond acceptors (Lipinski definition) is 9. The molecule has 0 amide bonds. The predicted octanol–water partition coefficient (Wildman–Crippen LogP) is 4.97. The van der Waals surface area contributed by atoms with E-state index < -0.39 is 4.92 Å². The minimum absolute atomic E-state index is 0.152. The minimum atomic E-state index is -0.493. The number of nitro benzene ring substituents is 1. The third kappa shape index (κ3) is 5.48. The minimum Gasteiger partial charge on any atom is -0.497 e. The summed E-state index contributed by atoms with van der Waals surface area (Å²) in [5.74, 6) is 1.35. The molecule has 2 aromatic carbocycles. The summed E-state index contributed by atoms with van der Waals surface area (Å²) in [4.78, 5) is 15.4. The molecule has 162 valence electrons. The van der Waals surface area contributed by atoms with E-state index in [2.05, 4.69) is 15.5 Å². The molecule has 9 nitrogen and oxygen atoms in total.